The van der Waals surface area contributed by atoms with Crippen LogP contribution in [0.1, 0.15) is 11.1 Å². The highest BCUT2D eigenvalue weighted by Crippen LogP contribution is 2.18. The molecule has 2 aromatic carbocycles. The Labute approximate surface area is 132 Å². The molecule has 3 rings (SSSR count). The van der Waals surface area contributed by atoms with E-state index in [0.29, 0.717) is 0 Å². The number of anilines is 1. The number of hydrogen-bond donors (Lipinski definition) is 0. The number of aryl methyl sites for hydroxylation is 2. The van der Waals surface area contributed by atoms with E-state index in [2.05, 4.69) is 65.5 Å². The van der Waals surface area contributed by atoms with Gasteiger partial charge in [-0.1, -0.05) is 40.6 Å². The van der Waals surface area contributed by atoms with E-state index in [-0.39, 0.29) is 0 Å². The van der Waals surface area contributed by atoms with Crippen molar-refractivity contribution < 1.29 is 0 Å². The lowest BCUT2D eigenvalue weighted by molar-refractivity contribution is 0.254. The number of nitrogens with zero attached hydrogens (tertiary/aromatic N) is 4. The van der Waals surface area contributed by atoms with Crippen LogP contribution < -0.4 is 4.90 Å². The molecule has 2 aromatic rings. The maximum absolute atomic E-state index is 4.36. The Balaban J connectivity index is 1.55. The fourth-order valence-corrected chi connectivity index (χ4v) is 2.53. The van der Waals surface area contributed by atoms with E-state index in [4.69, 9.17) is 0 Å². The first-order valence-corrected chi connectivity index (χ1v) is 7.75. The molecular weight excluding hydrogens is 272 g/mol. The minimum Gasteiger partial charge on any atom is -0.368 e. The maximum Gasteiger partial charge on any atom is 0.0874 e. The van der Waals surface area contributed by atoms with Gasteiger partial charge in [-0.05, 0) is 38.1 Å². The number of hydrogen-bond acceptors (Lipinski definition) is 3. The molecule has 1 aliphatic heterocycles. The molecule has 0 amide bonds. The first-order valence-electron chi connectivity index (χ1n) is 7.75. The molecule has 0 saturated carbocycles. The molecule has 1 fully saturated rings. The van der Waals surface area contributed by atoms with E-state index in [9.17, 15) is 0 Å². The third kappa shape index (κ3) is 3.64. The van der Waals surface area contributed by atoms with Gasteiger partial charge in [-0.15, -0.1) is 5.11 Å². The van der Waals surface area contributed by atoms with Crippen LogP contribution in [0.15, 0.2) is 58.9 Å². The van der Waals surface area contributed by atoms with Gasteiger partial charge >= 0.3 is 0 Å². The second-order valence-corrected chi connectivity index (χ2v) is 5.80. The van der Waals surface area contributed by atoms with E-state index in [1.165, 1.54) is 16.8 Å². The van der Waals surface area contributed by atoms with Gasteiger partial charge in [0.25, 0.3) is 0 Å². The van der Waals surface area contributed by atoms with Gasteiger partial charge in [-0.2, -0.15) is 0 Å². The van der Waals surface area contributed by atoms with Crippen LogP contribution in [0.2, 0.25) is 0 Å². The molecule has 114 valence electrons. The standard InChI is InChI=1S/C18H22N4/c1-15-3-7-17(8-4-15)19-20-22-13-11-21(12-14-22)18-9-5-16(2)6-10-18/h3-10H,11-14H2,1-2H3. The fraction of sp³-hybridized carbons (Fsp3) is 0.333. The number of piperazine rings is 1. The summed E-state index contributed by atoms with van der Waals surface area (Å²) < 4.78 is 0. The lowest BCUT2D eigenvalue weighted by Crippen LogP contribution is -2.43. The minimum absolute atomic E-state index is 0.906. The van der Waals surface area contributed by atoms with Crippen molar-refractivity contribution in [3.63, 3.8) is 0 Å². The molecule has 1 saturated heterocycles. The van der Waals surface area contributed by atoms with Crippen molar-refractivity contribution in [3.05, 3.63) is 59.7 Å². The summed E-state index contributed by atoms with van der Waals surface area (Å²) in [4.78, 5) is 2.40. The van der Waals surface area contributed by atoms with Crippen molar-refractivity contribution in [1.29, 1.82) is 0 Å². The minimum atomic E-state index is 0.906. The first-order chi connectivity index (χ1) is 10.7. The molecule has 0 aliphatic carbocycles. The molecule has 22 heavy (non-hydrogen) atoms. The SMILES string of the molecule is Cc1ccc(N=NN2CCN(c3ccc(C)cc3)CC2)cc1. The molecule has 0 bridgehead atoms. The van der Waals surface area contributed by atoms with Crippen LogP contribution in [0.3, 0.4) is 0 Å². The largest absolute Gasteiger partial charge is 0.368 e. The predicted molar refractivity (Wildman–Crippen MR) is 90.7 cm³/mol. The van der Waals surface area contributed by atoms with Crippen LogP contribution in [0, 0.1) is 13.8 Å². The smallest absolute Gasteiger partial charge is 0.0874 e. The van der Waals surface area contributed by atoms with E-state index < -0.39 is 0 Å². The summed E-state index contributed by atoms with van der Waals surface area (Å²) in [5.74, 6) is 0. The monoisotopic (exact) mass is 294 g/mol. The van der Waals surface area contributed by atoms with E-state index in [1.807, 2.05) is 17.1 Å². The molecule has 0 spiro atoms. The van der Waals surface area contributed by atoms with Crippen LogP contribution in [-0.2, 0) is 0 Å². The third-order valence-electron chi connectivity index (χ3n) is 3.98. The molecule has 1 heterocycles. The van der Waals surface area contributed by atoms with Crippen LogP contribution in [-0.4, -0.2) is 31.2 Å². The van der Waals surface area contributed by atoms with Crippen molar-refractivity contribution in [2.24, 2.45) is 10.3 Å². The van der Waals surface area contributed by atoms with E-state index in [0.717, 1.165) is 31.9 Å². The molecule has 0 radical (unpaired) electrons. The van der Waals surface area contributed by atoms with Crippen LogP contribution in [0.4, 0.5) is 11.4 Å². The van der Waals surface area contributed by atoms with Crippen molar-refractivity contribution in [2.45, 2.75) is 13.8 Å². The Morgan fingerprint density at radius 2 is 1.27 bits per heavy atom. The first kappa shape index (κ1) is 14.6. The van der Waals surface area contributed by atoms with Gasteiger partial charge in [0.2, 0.25) is 0 Å². The molecule has 0 N–H and O–H groups in total. The fourth-order valence-electron chi connectivity index (χ4n) is 2.53. The Hall–Kier alpha value is -2.36. The van der Waals surface area contributed by atoms with Crippen LogP contribution >= 0.6 is 0 Å². The molecule has 0 atom stereocenters. The highest BCUT2D eigenvalue weighted by Gasteiger charge is 2.15. The highest BCUT2D eigenvalue weighted by atomic mass is 15.6. The molecule has 1 aliphatic rings. The average molecular weight is 294 g/mol. The summed E-state index contributed by atoms with van der Waals surface area (Å²) in [6, 6.07) is 16.8. The molecule has 0 unspecified atom stereocenters. The summed E-state index contributed by atoms with van der Waals surface area (Å²) >= 11 is 0. The number of rotatable bonds is 3. The zero-order chi connectivity index (χ0) is 15.4. The summed E-state index contributed by atoms with van der Waals surface area (Å²) in [5, 5.41) is 10.7. The summed E-state index contributed by atoms with van der Waals surface area (Å²) in [7, 11) is 0. The van der Waals surface area contributed by atoms with Crippen LogP contribution in [0.25, 0.3) is 0 Å². The summed E-state index contributed by atoms with van der Waals surface area (Å²) in [5.41, 5.74) is 4.74. The van der Waals surface area contributed by atoms with Crippen molar-refractivity contribution in [3.8, 4) is 0 Å². The average Bonchev–Trinajstić information content (AvgIpc) is 2.56. The molecule has 0 aromatic heterocycles. The highest BCUT2D eigenvalue weighted by molar-refractivity contribution is 5.47. The van der Waals surface area contributed by atoms with Crippen molar-refractivity contribution in [1.82, 2.24) is 5.01 Å². The quantitative estimate of drug-likeness (QED) is 0.797. The number of benzene rings is 2. The third-order valence-corrected chi connectivity index (χ3v) is 3.98. The second-order valence-electron chi connectivity index (χ2n) is 5.80. The van der Waals surface area contributed by atoms with Crippen LogP contribution in [0.5, 0.6) is 0 Å². The summed E-state index contributed by atoms with van der Waals surface area (Å²) in [6.45, 7) is 7.97. The van der Waals surface area contributed by atoms with Gasteiger partial charge in [0.1, 0.15) is 0 Å². The molecule has 4 heteroatoms. The zero-order valence-corrected chi connectivity index (χ0v) is 13.2. The Morgan fingerprint density at radius 1 is 0.727 bits per heavy atom. The van der Waals surface area contributed by atoms with Gasteiger partial charge in [-0.25, -0.2) is 0 Å². The van der Waals surface area contributed by atoms with Crippen molar-refractivity contribution >= 4 is 11.4 Å². The predicted octanol–water partition coefficient (Wildman–Crippen LogP) is 4.12. The maximum atomic E-state index is 4.36. The van der Waals surface area contributed by atoms with Gasteiger partial charge in [-0.3, -0.25) is 5.01 Å². The zero-order valence-electron chi connectivity index (χ0n) is 13.2. The van der Waals surface area contributed by atoms with E-state index in [1.54, 1.807) is 0 Å². The lowest BCUT2D eigenvalue weighted by Gasteiger charge is -2.33. The molecule has 4 nitrogen and oxygen atoms in total. The Kier molecular flexibility index (Phi) is 4.37. The Bertz CT molecular complexity index is 623. The second kappa shape index (κ2) is 6.60. The van der Waals surface area contributed by atoms with Gasteiger partial charge in [0.05, 0.1) is 18.8 Å². The molecular formula is C18H22N4. The summed E-state index contributed by atoms with van der Waals surface area (Å²) in [6.07, 6.45) is 0. The van der Waals surface area contributed by atoms with Gasteiger partial charge in [0.15, 0.2) is 0 Å². The normalized spacial score (nSPS) is 15.5. The lowest BCUT2D eigenvalue weighted by atomic mass is 10.2. The Morgan fingerprint density at radius 3 is 1.86 bits per heavy atom. The van der Waals surface area contributed by atoms with Gasteiger partial charge in [0, 0.05) is 18.8 Å². The topological polar surface area (TPSA) is 31.2 Å². The van der Waals surface area contributed by atoms with Gasteiger partial charge < -0.3 is 4.90 Å². The van der Waals surface area contributed by atoms with E-state index >= 15 is 0 Å². The van der Waals surface area contributed by atoms with Crippen molar-refractivity contribution in [2.75, 3.05) is 31.1 Å².